The van der Waals surface area contributed by atoms with E-state index in [1.807, 2.05) is 30.3 Å². The SMILES string of the molecule is CCOC(=O)N1[CH]SC(c2ccccc2)=N1. The van der Waals surface area contributed by atoms with Crippen LogP contribution in [0, 0.1) is 5.88 Å². The number of rotatable bonds is 2. The smallest absolute Gasteiger partial charge is 0.431 e. The molecular formula is C11H11N2O2S. The number of benzene rings is 1. The highest BCUT2D eigenvalue weighted by Crippen LogP contribution is 2.26. The van der Waals surface area contributed by atoms with E-state index >= 15 is 0 Å². The minimum absolute atomic E-state index is 0.351. The summed E-state index contributed by atoms with van der Waals surface area (Å²) in [6.07, 6.45) is -0.444. The molecule has 0 aromatic heterocycles. The summed E-state index contributed by atoms with van der Waals surface area (Å²) in [5.41, 5.74) is 0.996. The van der Waals surface area contributed by atoms with Crippen LogP contribution in [0.1, 0.15) is 12.5 Å². The minimum Gasteiger partial charge on any atom is -0.448 e. The summed E-state index contributed by atoms with van der Waals surface area (Å²) in [7, 11) is 0. The number of nitrogens with zero attached hydrogens (tertiary/aromatic N) is 2. The third-order valence-corrected chi connectivity index (χ3v) is 2.78. The van der Waals surface area contributed by atoms with Crippen LogP contribution >= 0.6 is 11.8 Å². The molecule has 0 N–H and O–H groups in total. The van der Waals surface area contributed by atoms with Crippen molar-refractivity contribution in [2.45, 2.75) is 6.92 Å². The maximum Gasteiger partial charge on any atom is 0.431 e. The molecule has 0 bridgehead atoms. The lowest BCUT2D eigenvalue weighted by Crippen LogP contribution is -2.20. The zero-order valence-electron chi connectivity index (χ0n) is 8.79. The zero-order chi connectivity index (χ0) is 11.4. The van der Waals surface area contributed by atoms with E-state index in [0.29, 0.717) is 6.61 Å². The molecule has 4 nitrogen and oxygen atoms in total. The normalized spacial score (nSPS) is 14.8. The number of hydrogen-bond acceptors (Lipinski definition) is 4. The van der Waals surface area contributed by atoms with Gasteiger partial charge in [0.05, 0.1) is 6.61 Å². The molecule has 0 fully saturated rings. The molecule has 0 aliphatic carbocycles. The molecule has 83 valence electrons. The Bertz CT molecular complexity index is 406. The lowest BCUT2D eigenvalue weighted by Gasteiger charge is -2.08. The van der Waals surface area contributed by atoms with Crippen LogP contribution in [0.2, 0.25) is 0 Å². The van der Waals surface area contributed by atoms with Crippen molar-refractivity contribution in [1.82, 2.24) is 5.01 Å². The molecule has 0 spiro atoms. The first-order chi connectivity index (χ1) is 7.81. The van der Waals surface area contributed by atoms with Crippen LogP contribution in [-0.4, -0.2) is 22.8 Å². The molecular weight excluding hydrogens is 224 g/mol. The van der Waals surface area contributed by atoms with E-state index in [4.69, 9.17) is 4.74 Å². The molecule has 1 aromatic carbocycles. The highest BCUT2D eigenvalue weighted by Gasteiger charge is 2.23. The van der Waals surface area contributed by atoms with Gasteiger partial charge in [0.25, 0.3) is 0 Å². The average Bonchev–Trinajstić information content (AvgIpc) is 2.80. The van der Waals surface area contributed by atoms with Crippen LogP contribution in [0.3, 0.4) is 0 Å². The highest BCUT2D eigenvalue weighted by molar-refractivity contribution is 8.16. The molecule has 0 atom stereocenters. The summed E-state index contributed by atoms with van der Waals surface area (Å²) in [5.74, 6) is 1.64. The second-order valence-corrected chi connectivity index (χ2v) is 3.87. The Labute approximate surface area is 98.3 Å². The monoisotopic (exact) mass is 235 g/mol. The molecule has 1 heterocycles. The van der Waals surface area contributed by atoms with Gasteiger partial charge in [-0.15, -0.1) is 0 Å². The summed E-state index contributed by atoms with van der Waals surface area (Å²) in [4.78, 5) is 11.4. The van der Waals surface area contributed by atoms with Crippen molar-refractivity contribution in [1.29, 1.82) is 0 Å². The van der Waals surface area contributed by atoms with Crippen LogP contribution in [0.25, 0.3) is 0 Å². The van der Waals surface area contributed by atoms with E-state index in [1.165, 1.54) is 16.8 Å². The van der Waals surface area contributed by atoms with E-state index in [0.717, 1.165) is 10.6 Å². The molecule has 2 rings (SSSR count). The van der Waals surface area contributed by atoms with E-state index < -0.39 is 6.09 Å². The van der Waals surface area contributed by atoms with Gasteiger partial charge in [-0.25, -0.2) is 4.79 Å². The Balaban J connectivity index is 2.09. The first-order valence-corrected chi connectivity index (χ1v) is 5.79. The third-order valence-electron chi connectivity index (χ3n) is 1.94. The summed E-state index contributed by atoms with van der Waals surface area (Å²) < 4.78 is 4.85. The molecule has 1 aromatic rings. The van der Waals surface area contributed by atoms with Crippen LogP contribution < -0.4 is 0 Å². The van der Waals surface area contributed by atoms with Gasteiger partial charge in [-0.3, -0.25) is 0 Å². The fourth-order valence-electron chi connectivity index (χ4n) is 1.22. The van der Waals surface area contributed by atoms with Gasteiger partial charge in [0, 0.05) is 5.56 Å². The maximum atomic E-state index is 11.4. The average molecular weight is 235 g/mol. The van der Waals surface area contributed by atoms with Crippen molar-refractivity contribution in [2.75, 3.05) is 6.61 Å². The van der Waals surface area contributed by atoms with Crippen molar-refractivity contribution in [3.63, 3.8) is 0 Å². The Morgan fingerprint density at radius 3 is 2.88 bits per heavy atom. The Kier molecular flexibility index (Phi) is 3.46. The number of ether oxygens (including phenoxy) is 1. The van der Waals surface area contributed by atoms with Crippen LogP contribution in [0.5, 0.6) is 0 Å². The number of carbonyl (C=O) groups excluding carboxylic acids is 1. The van der Waals surface area contributed by atoms with Crippen molar-refractivity contribution < 1.29 is 9.53 Å². The van der Waals surface area contributed by atoms with Gasteiger partial charge in [-0.2, -0.15) is 10.1 Å². The summed E-state index contributed by atoms with van der Waals surface area (Å²) in [6.45, 7) is 2.12. The molecule has 1 aliphatic heterocycles. The Morgan fingerprint density at radius 2 is 2.19 bits per heavy atom. The summed E-state index contributed by atoms with van der Waals surface area (Å²) >= 11 is 1.41. The predicted octanol–water partition coefficient (Wildman–Crippen LogP) is 2.67. The molecule has 0 unspecified atom stereocenters. The molecule has 1 aliphatic rings. The summed E-state index contributed by atoms with van der Waals surface area (Å²) in [5, 5.41) is 6.18. The first kappa shape index (κ1) is 11.0. The highest BCUT2D eigenvalue weighted by atomic mass is 32.2. The van der Waals surface area contributed by atoms with E-state index in [2.05, 4.69) is 5.10 Å². The fourth-order valence-corrected chi connectivity index (χ4v) is 1.96. The molecule has 0 saturated heterocycles. The quantitative estimate of drug-likeness (QED) is 0.791. The number of amides is 1. The van der Waals surface area contributed by atoms with Crippen molar-refractivity contribution in [3.8, 4) is 0 Å². The van der Waals surface area contributed by atoms with E-state index in [1.54, 1.807) is 12.8 Å². The second kappa shape index (κ2) is 5.03. The van der Waals surface area contributed by atoms with E-state index in [9.17, 15) is 4.79 Å². The maximum absolute atomic E-state index is 11.4. The number of hydrazone groups is 1. The topological polar surface area (TPSA) is 41.9 Å². The fraction of sp³-hybridized carbons (Fsp3) is 0.182. The largest absolute Gasteiger partial charge is 0.448 e. The van der Waals surface area contributed by atoms with Crippen molar-refractivity contribution in [3.05, 3.63) is 41.8 Å². The second-order valence-electron chi connectivity index (χ2n) is 3.04. The van der Waals surface area contributed by atoms with Crippen LogP contribution in [0.4, 0.5) is 4.79 Å². The number of carbonyl (C=O) groups is 1. The van der Waals surface area contributed by atoms with Gasteiger partial charge in [-0.05, 0) is 6.92 Å². The molecule has 1 radical (unpaired) electrons. The zero-order valence-corrected chi connectivity index (χ0v) is 9.61. The Hall–Kier alpha value is -1.49. The van der Waals surface area contributed by atoms with Gasteiger partial charge >= 0.3 is 6.09 Å². The summed E-state index contributed by atoms with van der Waals surface area (Å²) in [6, 6.07) is 9.72. The number of hydrogen-bond donors (Lipinski definition) is 0. The van der Waals surface area contributed by atoms with Crippen molar-refractivity contribution >= 4 is 22.9 Å². The third kappa shape index (κ3) is 2.36. The minimum atomic E-state index is -0.444. The molecule has 0 saturated carbocycles. The van der Waals surface area contributed by atoms with Gasteiger partial charge < -0.3 is 4.74 Å². The van der Waals surface area contributed by atoms with Gasteiger partial charge in [0.1, 0.15) is 10.9 Å². The van der Waals surface area contributed by atoms with E-state index in [-0.39, 0.29) is 0 Å². The van der Waals surface area contributed by atoms with Gasteiger partial charge in [-0.1, -0.05) is 42.1 Å². The number of thioether (sulfide) groups is 1. The van der Waals surface area contributed by atoms with Gasteiger partial charge in [0.15, 0.2) is 0 Å². The van der Waals surface area contributed by atoms with Crippen molar-refractivity contribution in [2.24, 2.45) is 5.10 Å². The lowest BCUT2D eigenvalue weighted by atomic mass is 10.2. The van der Waals surface area contributed by atoms with Crippen LogP contribution in [-0.2, 0) is 4.74 Å². The standard InChI is InChI=1S/C11H11N2O2S/c1-2-15-11(14)13-8-16-10(12-13)9-6-4-3-5-7-9/h3-8H,2H2,1H3. The molecule has 16 heavy (non-hydrogen) atoms. The molecule has 5 heteroatoms. The van der Waals surface area contributed by atoms with Crippen LogP contribution in [0.15, 0.2) is 35.4 Å². The predicted molar refractivity (Wildman–Crippen MR) is 63.7 cm³/mol. The lowest BCUT2D eigenvalue weighted by molar-refractivity contribution is 0.122. The van der Waals surface area contributed by atoms with Gasteiger partial charge in [0.2, 0.25) is 0 Å². The first-order valence-electron chi connectivity index (χ1n) is 4.91. The Morgan fingerprint density at radius 1 is 1.44 bits per heavy atom. The molecule has 1 amide bonds.